The zero-order chi connectivity index (χ0) is 20.5. The molecule has 2 unspecified atom stereocenters. The molecule has 0 saturated carbocycles. The molecule has 2 aromatic carbocycles. The summed E-state index contributed by atoms with van der Waals surface area (Å²) in [6.07, 6.45) is 4.53. The first-order valence-corrected chi connectivity index (χ1v) is 13.0. The van der Waals surface area contributed by atoms with Gasteiger partial charge >= 0.3 is 0 Å². The smallest absolute Gasteiger partial charge is 0.261 e. The van der Waals surface area contributed by atoms with Gasteiger partial charge in [0.05, 0.1) is 13.2 Å². The summed E-state index contributed by atoms with van der Waals surface area (Å²) in [4.78, 5) is 2.56. The zero-order valence-corrected chi connectivity index (χ0v) is 19.1. The van der Waals surface area contributed by atoms with Gasteiger partial charge in [0.2, 0.25) is 0 Å². The molecule has 0 spiro atoms. The van der Waals surface area contributed by atoms with Gasteiger partial charge in [0.15, 0.2) is 0 Å². The minimum absolute atomic E-state index is 0.00733. The van der Waals surface area contributed by atoms with E-state index in [-0.39, 0.29) is 17.2 Å². The number of aliphatic hydroxyl groups is 1. The molecule has 2 fully saturated rings. The number of hydrogen-bond donors (Lipinski definition) is 1. The number of aliphatic hydroxyl groups excluding tert-OH is 1. The van der Waals surface area contributed by atoms with Crippen molar-refractivity contribution >= 4 is 18.7 Å². The molecule has 0 aromatic heterocycles. The van der Waals surface area contributed by atoms with E-state index >= 15 is 0 Å². The molecule has 3 nitrogen and oxygen atoms in total. The lowest BCUT2D eigenvalue weighted by Crippen LogP contribution is -2.67. The highest BCUT2D eigenvalue weighted by Crippen LogP contribution is 2.43. The van der Waals surface area contributed by atoms with Gasteiger partial charge in [-0.15, -0.1) is 0 Å². The molecule has 2 aliphatic heterocycles. The largest absolute Gasteiger partial charge is 0.406 e. The van der Waals surface area contributed by atoms with Crippen molar-refractivity contribution in [3.8, 4) is 0 Å². The number of fused-ring (bicyclic) bond motifs is 1. The van der Waals surface area contributed by atoms with Crippen LogP contribution in [0.4, 0.5) is 0 Å². The van der Waals surface area contributed by atoms with Crippen LogP contribution >= 0.6 is 0 Å². The summed E-state index contributed by atoms with van der Waals surface area (Å²) < 4.78 is 7.16. The van der Waals surface area contributed by atoms with Crippen LogP contribution in [0.15, 0.2) is 60.7 Å². The highest BCUT2D eigenvalue weighted by atomic mass is 28.4. The quantitative estimate of drug-likeness (QED) is 0.741. The van der Waals surface area contributed by atoms with Crippen molar-refractivity contribution in [2.24, 2.45) is 0 Å². The first-order valence-electron chi connectivity index (χ1n) is 11.1. The van der Waals surface area contributed by atoms with Crippen molar-refractivity contribution in [2.45, 2.75) is 63.1 Å². The van der Waals surface area contributed by atoms with Gasteiger partial charge in [-0.1, -0.05) is 81.4 Å². The van der Waals surface area contributed by atoms with Crippen LogP contribution in [0.3, 0.4) is 0 Å². The fraction of sp³-hybridized carbons (Fsp3) is 0.520. The Kier molecular flexibility index (Phi) is 5.73. The molecule has 1 N–H and O–H groups in total. The Labute approximate surface area is 176 Å². The van der Waals surface area contributed by atoms with Crippen molar-refractivity contribution in [1.82, 2.24) is 4.90 Å². The molecule has 2 aliphatic rings. The van der Waals surface area contributed by atoms with Crippen LogP contribution in [0.5, 0.6) is 0 Å². The summed E-state index contributed by atoms with van der Waals surface area (Å²) in [5.41, 5.74) is 0.0134. The first kappa shape index (κ1) is 20.8. The van der Waals surface area contributed by atoms with Gasteiger partial charge in [0.25, 0.3) is 8.32 Å². The van der Waals surface area contributed by atoms with Gasteiger partial charge in [-0.25, -0.2) is 0 Å². The Bertz CT molecular complexity index is 765. The lowest BCUT2D eigenvalue weighted by atomic mass is 9.95. The summed E-state index contributed by atoms with van der Waals surface area (Å²) in [6.45, 7) is 9.12. The molecule has 0 bridgehead atoms. The lowest BCUT2D eigenvalue weighted by Gasteiger charge is -2.44. The third-order valence-corrected chi connectivity index (χ3v) is 12.2. The second kappa shape index (κ2) is 7.99. The Morgan fingerprint density at radius 3 is 2.10 bits per heavy atom. The van der Waals surface area contributed by atoms with Crippen molar-refractivity contribution in [3.63, 3.8) is 0 Å². The first-order chi connectivity index (χ1) is 13.9. The van der Waals surface area contributed by atoms with E-state index in [2.05, 4.69) is 86.3 Å². The molecular weight excluding hydrogens is 374 g/mol. The number of hydrogen-bond acceptors (Lipinski definition) is 3. The molecule has 2 heterocycles. The molecule has 29 heavy (non-hydrogen) atoms. The maximum atomic E-state index is 10.1. The summed E-state index contributed by atoms with van der Waals surface area (Å²) in [7, 11) is -2.48. The number of benzene rings is 2. The molecule has 0 aliphatic carbocycles. The number of rotatable bonds is 6. The maximum absolute atomic E-state index is 10.1. The van der Waals surface area contributed by atoms with Gasteiger partial charge < -0.3 is 9.53 Å². The van der Waals surface area contributed by atoms with Gasteiger partial charge in [-0.2, -0.15) is 0 Å². The zero-order valence-electron chi connectivity index (χ0n) is 18.1. The van der Waals surface area contributed by atoms with E-state index in [1.807, 2.05) is 0 Å². The molecule has 0 radical (unpaired) electrons. The second-order valence-corrected chi connectivity index (χ2v) is 14.2. The Morgan fingerprint density at radius 1 is 1.00 bits per heavy atom. The average molecular weight is 410 g/mol. The van der Waals surface area contributed by atoms with Crippen molar-refractivity contribution in [3.05, 3.63) is 60.7 Å². The highest BCUT2D eigenvalue weighted by Gasteiger charge is 2.53. The Morgan fingerprint density at radius 2 is 1.59 bits per heavy atom. The lowest BCUT2D eigenvalue weighted by molar-refractivity contribution is 0.0614. The Balaban J connectivity index is 1.70. The minimum Gasteiger partial charge on any atom is -0.406 e. The summed E-state index contributed by atoms with van der Waals surface area (Å²) in [5.74, 6) is 0. The summed E-state index contributed by atoms with van der Waals surface area (Å²) in [5, 5.41) is 12.8. The molecule has 2 atom stereocenters. The van der Waals surface area contributed by atoms with Gasteiger partial charge in [-0.3, -0.25) is 4.90 Å². The van der Waals surface area contributed by atoms with E-state index in [1.54, 1.807) is 0 Å². The molecule has 2 aromatic rings. The van der Waals surface area contributed by atoms with Gasteiger partial charge in [0.1, 0.15) is 0 Å². The van der Waals surface area contributed by atoms with E-state index in [0.717, 1.165) is 32.4 Å². The van der Waals surface area contributed by atoms with Crippen LogP contribution in [-0.4, -0.2) is 49.7 Å². The van der Waals surface area contributed by atoms with Crippen molar-refractivity contribution < 1.29 is 9.53 Å². The summed E-state index contributed by atoms with van der Waals surface area (Å²) >= 11 is 0. The average Bonchev–Trinajstić information content (AvgIpc) is 3.29. The van der Waals surface area contributed by atoms with Crippen LogP contribution in [0, 0.1) is 0 Å². The predicted molar refractivity (Wildman–Crippen MR) is 122 cm³/mol. The topological polar surface area (TPSA) is 32.7 Å². The second-order valence-electron chi connectivity index (χ2n) is 9.85. The van der Waals surface area contributed by atoms with Crippen LogP contribution in [0.2, 0.25) is 5.04 Å². The summed E-state index contributed by atoms with van der Waals surface area (Å²) in [6, 6.07) is 22.2. The van der Waals surface area contributed by atoms with Crippen molar-refractivity contribution in [2.75, 3.05) is 19.8 Å². The van der Waals surface area contributed by atoms with E-state index in [1.165, 1.54) is 16.8 Å². The predicted octanol–water partition coefficient (Wildman–Crippen LogP) is 3.55. The molecule has 0 amide bonds. The van der Waals surface area contributed by atoms with Crippen LogP contribution in [-0.2, 0) is 4.43 Å². The third kappa shape index (κ3) is 3.50. The van der Waals surface area contributed by atoms with Gasteiger partial charge in [0, 0.05) is 11.6 Å². The van der Waals surface area contributed by atoms with E-state index in [9.17, 15) is 5.11 Å². The van der Waals surface area contributed by atoms with Crippen LogP contribution < -0.4 is 10.4 Å². The van der Waals surface area contributed by atoms with E-state index in [0.29, 0.717) is 6.04 Å². The SMILES string of the molecule is CC(C)(C)[Si](OCC1CCC2(CO)CCCN12)(c1ccccc1)c1ccccc1. The molecule has 2 saturated heterocycles. The normalized spacial score (nSPS) is 25.3. The number of nitrogens with zero attached hydrogens (tertiary/aromatic N) is 1. The minimum atomic E-state index is -2.48. The Hall–Kier alpha value is -1.46. The molecule has 4 heteroatoms. The van der Waals surface area contributed by atoms with Gasteiger partial charge in [-0.05, 0) is 47.6 Å². The fourth-order valence-corrected chi connectivity index (χ4v) is 10.4. The maximum Gasteiger partial charge on any atom is 0.261 e. The van der Waals surface area contributed by atoms with Crippen LogP contribution in [0.25, 0.3) is 0 Å². The van der Waals surface area contributed by atoms with E-state index < -0.39 is 8.32 Å². The fourth-order valence-electron chi connectivity index (χ4n) is 5.79. The molecule has 156 valence electrons. The highest BCUT2D eigenvalue weighted by molar-refractivity contribution is 6.99. The van der Waals surface area contributed by atoms with E-state index in [4.69, 9.17) is 4.43 Å². The molecule has 4 rings (SSSR count). The third-order valence-electron chi connectivity index (χ3n) is 7.24. The van der Waals surface area contributed by atoms with Crippen molar-refractivity contribution in [1.29, 1.82) is 0 Å². The standard InChI is InChI=1S/C25H35NO2Si/c1-24(2,3)29(22-11-6-4-7-12-22,23-13-8-5-9-14-23)28-19-21-15-17-25(20-27)16-10-18-26(21)25/h4-9,11-14,21,27H,10,15-20H2,1-3H3. The monoisotopic (exact) mass is 409 g/mol. The van der Waals surface area contributed by atoms with Crippen LogP contribution in [0.1, 0.15) is 46.5 Å². The molecular formula is C25H35NO2Si.